The van der Waals surface area contributed by atoms with Gasteiger partial charge >= 0.3 is 0 Å². The van der Waals surface area contributed by atoms with Gasteiger partial charge in [0.05, 0.1) is 18.1 Å². The van der Waals surface area contributed by atoms with Crippen molar-refractivity contribution < 1.29 is 9.90 Å². The average Bonchev–Trinajstić information content (AvgIpc) is 2.79. The van der Waals surface area contributed by atoms with E-state index < -0.39 is 5.60 Å². The van der Waals surface area contributed by atoms with Crippen LogP contribution in [0.15, 0.2) is 22.8 Å². The van der Waals surface area contributed by atoms with Crippen LogP contribution < -0.4 is 0 Å². The van der Waals surface area contributed by atoms with Gasteiger partial charge < -0.3 is 5.11 Å². The highest BCUT2D eigenvalue weighted by molar-refractivity contribution is 5.93. The van der Waals surface area contributed by atoms with Crippen LogP contribution in [0.5, 0.6) is 0 Å². The number of allylic oxidation sites excluding steroid dienone is 4. The number of carbonyl (C=O) groups is 1. The third-order valence-corrected chi connectivity index (χ3v) is 7.43. The summed E-state index contributed by atoms with van der Waals surface area (Å²) in [7, 11) is 0. The third-order valence-electron chi connectivity index (χ3n) is 7.43. The summed E-state index contributed by atoms with van der Waals surface area (Å²) < 4.78 is 0. The van der Waals surface area contributed by atoms with E-state index in [1.807, 2.05) is 6.08 Å². The minimum Gasteiger partial charge on any atom is -0.388 e. The molecule has 0 spiro atoms. The second-order valence-corrected chi connectivity index (χ2v) is 8.21. The highest BCUT2D eigenvalue weighted by Crippen LogP contribution is 2.64. The number of rotatable bonds is 1. The Morgan fingerprint density at radius 1 is 1.26 bits per heavy atom. The maximum Gasteiger partial charge on any atom is 0.156 e. The zero-order valence-electron chi connectivity index (χ0n) is 13.9. The zero-order chi connectivity index (χ0) is 16.2. The van der Waals surface area contributed by atoms with E-state index in [-0.39, 0.29) is 17.6 Å². The lowest BCUT2D eigenvalue weighted by Crippen LogP contribution is -2.49. The van der Waals surface area contributed by atoms with E-state index in [0.29, 0.717) is 18.3 Å². The van der Waals surface area contributed by atoms with E-state index in [9.17, 15) is 9.90 Å². The van der Waals surface area contributed by atoms with Crippen LogP contribution in [0.1, 0.15) is 64.7 Å². The number of nitriles is 1. The summed E-state index contributed by atoms with van der Waals surface area (Å²) in [5.41, 5.74) is 3.42. The molecule has 2 fully saturated rings. The van der Waals surface area contributed by atoms with Gasteiger partial charge in [-0.05, 0) is 74.0 Å². The molecule has 23 heavy (non-hydrogen) atoms. The standard InChI is InChI=1S/C20H25NO2/c1-19-8-6-16-15-5-3-14(22)12-13(15)2-4-17(16)18(19)7-9-20(19,23)10-11-21/h12,17-18,23H,2-10H2,1H3/t17-,18-,19+,20+/m0/s1. The van der Waals surface area contributed by atoms with Crippen LogP contribution in [-0.4, -0.2) is 16.5 Å². The lowest BCUT2D eigenvalue weighted by atomic mass is 9.54. The van der Waals surface area contributed by atoms with Gasteiger partial charge in [-0.25, -0.2) is 0 Å². The van der Waals surface area contributed by atoms with E-state index in [0.717, 1.165) is 44.9 Å². The van der Waals surface area contributed by atoms with Gasteiger partial charge in [0.2, 0.25) is 0 Å². The average molecular weight is 311 g/mol. The largest absolute Gasteiger partial charge is 0.388 e. The molecule has 0 bridgehead atoms. The Labute approximate surface area is 138 Å². The number of carbonyl (C=O) groups excluding carboxylic acids is 1. The smallest absolute Gasteiger partial charge is 0.156 e. The zero-order valence-corrected chi connectivity index (χ0v) is 13.9. The maximum absolute atomic E-state index is 11.7. The Kier molecular flexibility index (Phi) is 3.32. The summed E-state index contributed by atoms with van der Waals surface area (Å²) in [6.45, 7) is 2.22. The van der Waals surface area contributed by atoms with Crippen LogP contribution in [0.2, 0.25) is 0 Å². The first-order chi connectivity index (χ1) is 11.0. The fourth-order valence-corrected chi connectivity index (χ4v) is 6.06. The van der Waals surface area contributed by atoms with E-state index in [1.165, 1.54) is 11.1 Å². The monoisotopic (exact) mass is 311 g/mol. The van der Waals surface area contributed by atoms with Gasteiger partial charge in [0.1, 0.15) is 0 Å². The van der Waals surface area contributed by atoms with E-state index in [1.54, 1.807) is 5.57 Å². The first-order valence-corrected chi connectivity index (χ1v) is 9.03. The van der Waals surface area contributed by atoms with Crippen LogP contribution in [0, 0.1) is 28.6 Å². The van der Waals surface area contributed by atoms with Gasteiger partial charge in [0.25, 0.3) is 0 Å². The van der Waals surface area contributed by atoms with Crippen molar-refractivity contribution in [1.82, 2.24) is 0 Å². The normalized spacial score (nSPS) is 42.5. The molecule has 1 N–H and O–H groups in total. The van der Waals surface area contributed by atoms with Crippen LogP contribution in [0.4, 0.5) is 0 Å². The molecule has 0 aromatic rings. The predicted molar refractivity (Wildman–Crippen MR) is 87.3 cm³/mol. The molecule has 122 valence electrons. The van der Waals surface area contributed by atoms with E-state index in [4.69, 9.17) is 5.26 Å². The summed E-state index contributed by atoms with van der Waals surface area (Å²) in [5, 5.41) is 20.3. The second kappa shape index (κ2) is 5.05. The summed E-state index contributed by atoms with van der Waals surface area (Å²) in [5.74, 6) is 1.34. The number of fused-ring (bicyclic) bond motifs is 4. The molecule has 0 radical (unpaired) electrons. The molecule has 0 heterocycles. The van der Waals surface area contributed by atoms with Gasteiger partial charge in [-0.2, -0.15) is 5.26 Å². The molecule has 0 aromatic carbocycles. The molecule has 4 aliphatic rings. The van der Waals surface area contributed by atoms with Crippen molar-refractivity contribution in [2.24, 2.45) is 17.3 Å². The molecule has 4 rings (SSSR count). The molecule has 0 aromatic heterocycles. The molecule has 4 atom stereocenters. The maximum atomic E-state index is 11.7. The van der Waals surface area contributed by atoms with Crippen molar-refractivity contribution in [1.29, 1.82) is 5.26 Å². The molecule has 3 heteroatoms. The minimum atomic E-state index is -0.804. The van der Waals surface area contributed by atoms with Crippen molar-refractivity contribution in [2.45, 2.75) is 70.3 Å². The molecule has 4 aliphatic carbocycles. The summed E-state index contributed by atoms with van der Waals surface area (Å²) >= 11 is 0. The highest BCUT2D eigenvalue weighted by atomic mass is 16.3. The molecule has 0 amide bonds. The third kappa shape index (κ3) is 2.01. The SMILES string of the molecule is C[C@@]12CCC3=C4CCC(=O)C=C4CC[C@@H]3[C@@H]1CC[C@@]2(O)CC#N. The number of hydrogen-bond donors (Lipinski definition) is 1. The Hall–Kier alpha value is -1.40. The molecular formula is C20H25NO2. The Bertz CT molecular complexity index is 668. The lowest BCUT2D eigenvalue weighted by molar-refractivity contribution is -0.114. The Morgan fingerprint density at radius 3 is 2.87 bits per heavy atom. The van der Waals surface area contributed by atoms with Gasteiger partial charge in [-0.3, -0.25) is 4.79 Å². The highest BCUT2D eigenvalue weighted by Gasteiger charge is 2.60. The van der Waals surface area contributed by atoms with Crippen LogP contribution in [0.3, 0.4) is 0 Å². The van der Waals surface area contributed by atoms with Gasteiger partial charge in [-0.15, -0.1) is 0 Å². The van der Waals surface area contributed by atoms with Crippen molar-refractivity contribution >= 4 is 5.78 Å². The lowest BCUT2D eigenvalue weighted by Gasteiger charge is -2.51. The molecule has 0 unspecified atom stereocenters. The summed E-state index contributed by atoms with van der Waals surface area (Å²) in [6, 6.07) is 2.22. The van der Waals surface area contributed by atoms with Crippen LogP contribution in [-0.2, 0) is 4.79 Å². The van der Waals surface area contributed by atoms with E-state index in [2.05, 4.69) is 13.0 Å². The molecular weight excluding hydrogens is 286 g/mol. The first-order valence-electron chi connectivity index (χ1n) is 9.03. The molecule has 0 saturated heterocycles. The summed E-state index contributed by atoms with van der Waals surface area (Å²) in [4.78, 5) is 11.7. The number of hydrogen-bond acceptors (Lipinski definition) is 3. The quantitative estimate of drug-likeness (QED) is 0.800. The number of nitrogens with zero attached hydrogens (tertiary/aromatic N) is 1. The van der Waals surface area contributed by atoms with Crippen molar-refractivity contribution in [3.8, 4) is 6.07 Å². The minimum absolute atomic E-state index is 0.122. The van der Waals surface area contributed by atoms with E-state index >= 15 is 0 Å². The number of ketones is 1. The fraction of sp³-hybridized carbons (Fsp3) is 0.700. The second-order valence-electron chi connectivity index (χ2n) is 8.21. The topological polar surface area (TPSA) is 61.1 Å². The number of aliphatic hydroxyl groups is 1. The van der Waals surface area contributed by atoms with Crippen molar-refractivity contribution in [2.75, 3.05) is 0 Å². The van der Waals surface area contributed by atoms with Crippen LogP contribution in [0.25, 0.3) is 0 Å². The molecule has 3 nitrogen and oxygen atoms in total. The first kappa shape index (κ1) is 15.1. The Morgan fingerprint density at radius 2 is 2.09 bits per heavy atom. The van der Waals surface area contributed by atoms with Crippen molar-refractivity contribution in [3.05, 3.63) is 22.8 Å². The Balaban J connectivity index is 1.72. The molecule has 0 aliphatic heterocycles. The fourth-order valence-electron chi connectivity index (χ4n) is 6.06. The summed E-state index contributed by atoms with van der Waals surface area (Å²) in [6.07, 6.45) is 9.67. The molecule has 2 saturated carbocycles. The van der Waals surface area contributed by atoms with Gasteiger partial charge in [0, 0.05) is 11.8 Å². The predicted octanol–water partition coefficient (Wildman–Crippen LogP) is 3.84. The van der Waals surface area contributed by atoms with Gasteiger partial charge in [0.15, 0.2) is 5.78 Å². The van der Waals surface area contributed by atoms with Crippen molar-refractivity contribution in [3.63, 3.8) is 0 Å². The van der Waals surface area contributed by atoms with Crippen LogP contribution >= 0.6 is 0 Å². The van der Waals surface area contributed by atoms with Gasteiger partial charge in [-0.1, -0.05) is 12.5 Å².